The van der Waals surface area contributed by atoms with Crippen molar-refractivity contribution in [3.05, 3.63) is 24.3 Å². The second kappa shape index (κ2) is 4.81. The van der Waals surface area contributed by atoms with E-state index >= 15 is 0 Å². The Morgan fingerprint density at radius 2 is 2.05 bits per heavy atom. The van der Waals surface area contributed by atoms with Crippen LogP contribution in [0.1, 0.15) is 19.8 Å². The lowest BCUT2D eigenvalue weighted by Crippen LogP contribution is -2.63. The monoisotopic (exact) mass is 274 g/mol. The molecule has 0 spiro atoms. The molecule has 2 fully saturated rings. The van der Waals surface area contributed by atoms with Gasteiger partial charge in [0.15, 0.2) is 0 Å². The van der Waals surface area contributed by atoms with Gasteiger partial charge in [0.1, 0.15) is 17.8 Å². The molecule has 3 rings (SSSR count). The van der Waals surface area contributed by atoms with Gasteiger partial charge in [0, 0.05) is 11.8 Å². The lowest BCUT2D eigenvalue weighted by atomic mass is 10.0. The summed E-state index contributed by atoms with van der Waals surface area (Å²) >= 11 is 0. The zero-order valence-corrected chi connectivity index (χ0v) is 11.6. The van der Waals surface area contributed by atoms with Gasteiger partial charge in [-0.15, -0.1) is 0 Å². The van der Waals surface area contributed by atoms with Crippen molar-refractivity contribution in [2.24, 2.45) is 5.92 Å². The minimum Gasteiger partial charge on any atom is -0.497 e. The molecule has 1 aliphatic heterocycles. The van der Waals surface area contributed by atoms with E-state index in [1.54, 1.807) is 25.0 Å². The minimum atomic E-state index is -0.496. The first-order valence-corrected chi connectivity index (χ1v) is 6.89. The number of hydrogen-bond donors (Lipinski definition) is 1. The first-order valence-electron chi connectivity index (χ1n) is 6.89. The van der Waals surface area contributed by atoms with Crippen LogP contribution in [0.25, 0.3) is 0 Å². The van der Waals surface area contributed by atoms with Crippen LogP contribution < -0.4 is 15.0 Å². The summed E-state index contributed by atoms with van der Waals surface area (Å²) < 4.78 is 5.19. The highest BCUT2D eigenvalue weighted by molar-refractivity contribution is 6.08. The highest BCUT2D eigenvalue weighted by Crippen LogP contribution is 2.36. The average molecular weight is 274 g/mol. The molecule has 1 saturated carbocycles. The summed E-state index contributed by atoms with van der Waals surface area (Å²) in [7, 11) is 1.58. The summed E-state index contributed by atoms with van der Waals surface area (Å²) in [6, 6.07) is 6.40. The van der Waals surface area contributed by atoms with Crippen LogP contribution in [-0.2, 0) is 9.59 Å². The molecule has 1 saturated heterocycles. The van der Waals surface area contributed by atoms with Gasteiger partial charge in [-0.05, 0) is 37.8 Å². The van der Waals surface area contributed by atoms with Crippen molar-refractivity contribution in [3.63, 3.8) is 0 Å². The Kier molecular flexibility index (Phi) is 3.12. The third-order valence-electron chi connectivity index (χ3n) is 3.99. The van der Waals surface area contributed by atoms with Crippen molar-refractivity contribution in [2.75, 3.05) is 12.0 Å². The fourth-order valence-electron chi connectivity index (χ4n) is 2.65. The number of piperazine rings is 1. The van der Waals surface area contributed by atoms with Crippen LogP contribution in [0.3, 0.4) is 0 Å². The number of nitrogens with one attached hydrogen (secondary N) is 1. The molecule has 1 heterocycles. The number of carbonyl (C=O) groups excluding carboxylic acids is 2. The number of carbonyl (C=O) groups is 2. The lowest BCUT2D eigenvalue weighted by molar-refractivity contribution is -0.133. The van der Waals surface area contributed by atoms with Gasteiger partial charge >= 0.3 is 0 Å². The second-order valence-corrected chi connectivity index (χ2v) is 5.41. The molecule has 0 radical (unpaired) electrons. The molecule has 5 nitrogen and oxygen atoms in total. The lowest BCUT2D eigenvalue weighted by Gasteiger charge is -2.37. The van der Waals surface area contributed by atoms with E-state index in [9.17, 15) is 9.59 Å². The highest BCUT2D eigenvalue weighted by Gasteiger charge is 2.46. The van der Waals surface area contributed by atoms with Crippen molar-refractivity contribution in [1.29, 1.82) is 0 Å². The topological polar surface area (TPSA) is 58.6 Å². The molecule has 1 aromatic carbocycles. The van der Waals surface area contributed by atoms with E-state index in [0.29, 0.717) is 17.4 Å². The van der Waals surface area contributed by atoms with Gasteiger partial charge in [-0.3, -0.25) is 14.5 Å². The standard InChI is InChI=1S/C15H18N2O3/c1-9-14(18)16-13(10-6-7-10)15(19)17(9)11-4-3-5-12(8-11)20-2/h3-5,8-10,13H,6-7H2,1-2H3,(H,16,18). The van der Waals surface area contributed by atoms with Crippen LogP contribution in [0.5, 0.6) is 5.75 Å². The quantitative estimate of drug-likeness (QED) is 0.904. The van der Waals surface area contributed by atoms with E-state index in [1.165, 1.54) is 0 Å². The Morgan fingerprint density at radius 3 is 2.70 bits per heavy atom. The number of hydrogen-bond acceptors (Lipinski definition) is 3. The maximum atomic E-state index is 12.6. The fourth-order valence-corrected chi connectivity index (χ4v) is 2.65. The molecule has 2 amide bonds. The Morgan fingerprint density at radius 1 is 1.30 bits per heavy atom. The van der Waals surface area contributed by atoms with Gasteiger partial charge in [-0.2, -0.15) is 0 Å². The fraction of sp³-hybridized carbons (Fsp3) is 0.467. The first-order chi connectivity index (χ1) is 9.61. The molecule has 1 aliphatic carbocycles. The third kappa shape index (κ3) is 2.13. The number of ether oxygens (including phenoxy) is 1. The maximum Gasteiger partial charge on any atom is 0.250 e. The highest BCUT2D eigenvalue weighted by atomic mass is 16.5. The van der Waals surface area contributed by atoms with Gasteiger partial charge < -0.3 is 10.1 Å². The van der Waals surface area contributed by atoms with Crippen LogP contribution in [-0.4, -0.2) is 31.0 Å². The van der Waals surface area contributed by atoms with Crippen molar-refractivity contribution in [1.82, 2.24) is 5.32 Å². The summed E-state index contributed by atoms with van der Waals surface area (Å²) in [4.78, 5) is 26.3. The van der Waals surface area contributed by atoms with Crippen molar-refractivity contribution in [2.45, 2.75) is 31.8 Å². The van der Waals surface area contributed by atoms with E-state index < -0.39 is 6.04 Å². The Labute approximate surface area is 117 Å². The molecule has 0 bridgehead atoms. The molecule has 2 aliphatic rings. The zero-order valence-electron chi connectivity index (χ0n) is 11.6. The number of methoxy groups -OCH3 is 1. The average Bonchev–Trinajstić information content (AvgIpc) is 3.28. The predicted octanol–water partition coefficient (Wildman–Crippen LogP) is 1.33. The number of amides is 2. The van der Waals surface area contributed by atoms with Crippen molar-refractivity contribution >= 4 is 17.5 Å². The van der Waals surface area contributed by atoms with Crippen LogP contribution in [0.4, 0.5) is 5.69 Å². The summed E-state index contributed by atoms with van der Waals surface area (Å²) in [5, 5.41) is 2.84. The molecular formula is C15H18N2O3. The number of benzene rings is 1. The normalized spacial score (nSPS) is 26.4. The summed E-state index contributed by atoms with van der Waals surface area (Å²) in [5.41, 5.74) is 0.711. The van der Waals surface area contributed by atoms with Crippen LogP contribution in [0.2, 0.25) is 0 Å². The largest absolute Gasteiger partial charge is 0.497 e. The van der Waals surface area contributed by atoms with Gasteiger partial charge in [0.2, 0.25) is 5.91 Å². The molecular weight excluding hydrogens is 256 g/mol. The molecule has 20 heavy (non-hydrogen) atoms. The number of nitrogens with zero attached hydrogens (tertiary/aromatic N) is 1. The molecule has 1 aromatic rings. The van der Waals surface area contributed by atoms with Gasteiger partial charge in [-0.1, -0.05) is 6.07 Å². The zero-order chi connectivity index (χ0) is 14.3. The van der Waals surface area contributed by atoms with Crippen molar-refractivity contribution < 1.29 is 14.3 Å². The molecule has 106 valence electrons. The maximum absolute atomic E-state index is 12.6. The first kappa shape index (κ1) is 13.0. The number of anilines is 1. The van der Waals surface area contributed by atoms with Gasteiger partial charge in [0.25, 0.3) is 5.91 Å². The Balaban J connectivity index is 1.95. The Bertz CT molecular complexity index is 554. The van der Waals surface area contributed by atoms with E-state index in [0.717, 1.165) is 12.8 Å². The van der Waals surface area contributed by atoms with Crippen LogP contribution >= 0.6 is 0 Å². The van der Waals surface area contributed by atoms with E-state index in [1.807, 2.05) is 18.2 Å². The predicted molar refractivity (Wildman–Crippen MR) is 74.6 cm³/mol. The molecule has 1 N–H and O–H groups in total. The van der Waals surface area contributed by atoms with E-state index in [2.05, 4.69) is 5.32 Å². The Hall–Kier alpha value is -2.04. The second-order valence-electron chi connectivity index (χ2n) is 5.41. The molecule has 2 unspecified atom stereocenters. The summed E-state index contributed by atoms with van der Waals surface area (Å²) in [5.74, 6) is 0.862. The van der Waals surface area contributed by atoms with Gasteiger partial charge in [-0.25, -0.2) is 0 Å². The van der Waals surface area contributed by atoms with Crippen molar-refractivity contribution in [3.8, 4) is 5.75 Å². The van der Waals surface area contributed by atoms with Crippen LogP contribution in [0, 0.1) is 5.92 Å². The van der Waals surface area contributed by atoms with Gasteiger partial charge in [0.05, 0.1) is 7.11 Å². The van der Waals surface area contributed by atoms with E-state index in [-0.39, 0.29) is 17.9 Å². The number of rotatable bonds is 3. The molecule has 2 atom stereocenters. The van der Waals surface area contributed by atoms with E-state index in [4.69, 9.17) is 4.74 Å². The smallest absolute Gasteiger partial charge is 0.250 e. The summed E-state index contributed by atoms with van der Waals surface area (Å²) in [6.07, 6.45) is 2.02. The minimum absolute atomic E-state index is 0.0205. The molecule has 0 aromatic heterocycles. The molecule has 5 heteroatoms. The van der Waals surface area contributed by atoms with Crippen LogP contribution in [0.15, 0.2) is 24.3 Å². The SMILES string of the molecule is COc1cccc(N2C(=O)C(C3CC3)NC(=O)C2C)c1. The third-order valence-corrected chi connectivity index (χ3v) is 3.99. The summed E-state index contributed by atoms with van der Waals surface area (Å²) in [6.45, 7) is 1.75.